The zero-order chi connectivity index (χ0) is 13.5. The van der Waals surface area contributed by atoms with Gasteiger partial charge in [0, 0.05) is 36.6 Å². The van der Waals surface area contributed by atoms with Gasteiger partial charge in [-0.15, -0.1) is 0 Å². The van der Waals surface area contributed by atoms with Crippen molar-refractivity contribution in [3.05, 3.63) is 41.7 Å². The molecular formula is C16H19N3O. The van der Waals surface area contributed by atoms with Gasteiger partial charge in [-0.05, 0) is 37.7 Å². The maximum atomic E-state index is 12.1. The normalized spacial score (nSPS) is 18.9. The summed E-state index contributed by atoms with van der Waals surface area (Å²) in [5.41, 5.74) is 3.41. The van der Waals surface area contributed by atoms with Crippen molar-refractivity contribution in [2.24, 2.45) is 0 Å². The number of rotatable bonds is 3. The fraction of sp³-hybridized carbons (Fsp3) is 0.500. The SMILES string of the molecule is O=C1CCCCc2cn(Cc3cncn3C3CC3)cc21. The number of imidazole rings is 1. The van der Waals surface area contributed by atoms with Gasteiger partial charge in [0.15, 0.2) is 5.78 Å². The van der Waals surface area contributed by atoms with Crippen LogP contribution in [0.15, 0.2) is 24.9 Å². The number of fused-ring (bicyclic) bond motifs is 1. The van der Waals surface area contributed by atoms with Crippen LogP contribution in [0, 0.1) is 0 Å². The van der Waals surface area contributed by atoms with Crippen LogP contribution >= 0.6 is 0 Å². The Bertz CT molecular complexity index is 648. The van der Waals surface area contributed by atoms with Crippen molar-refractivity contribution >= 4 is 5.78 Å². The van der Waals surface area contributed by atoms with E-state index in [1.165, 1.54) is 24.1 Å². The molecule has 2 aromatic rings. The molecule has 0 bridgehead atoms. The monoisotopic (exact) mass is 269 g/mol. The number of carbonyl (C=O) groups is 1. The van der Waals surface area contributed by atoms with E-state index in [1.54, 1.807) is 0 Å². The van der Waals surface area contributed by atoms with Gasteiger partial charge in [0.1, 0.15) is 0 Å². The Kier molecular flexibility index (Phi) is 2.76. The lowest BCUT2D eigenvalue weighted by Crippen LogP contribution is -2.04. The molecule has 2 aromatic heterocycles. The Labute approximate surface area is 118 Å². The largest absolute Gasteiger partial charge is 0.347 e. The van der Waals surface area contributed by atoms with E-state index >= 15 is 0 Å². The Balaban J connectivity index is 1.61. The topological polar surface area (TPSA) is 39.8 Å². The zero-order valence-electron chi connectivity index (χ0n) is 11.6. The molecule has 1 saturated carbocycles. The lowest BCUT2D eigenvalue weighted by atomic mass is 10.1. The van der Waals surface area contributed by atoms with Gasteiger partial charge in [0.2, 0.25) is 0 Å². The number of aromatic nitrogens is 3. The van der Waals surface area contributed by atoms with Gasteiger partial charge in [-0.25, -0.2) is 4.98 Å². The zero-order valence-corrected chi connectivity index (χ0v) is 11.6. The minimum Gasteiger partial charge on any atom is -0.347 e. The molecule has 0 atom stereocenters. The van der Waals surface area contributed by atoms with Crippen molar-refractivity contribution in [3.8, 4) is 0 Å². The average molecular weight is 269 g/mol. The molecule has 2 heterocycles. The van der Waals surface area contributed by atoms with E-state index in [-0.39, 0.29) is 0 Å². The second-order valence-electron chi connectivity index (χ2n) is 6.02. The summed E-state index contributed by atoms with van der Waals surface area (Å²) in [7, 11) is 0. The minimum absolute atomic E-state index is 0.312. The first kappa shape index (κ1) is 11.9. The van der Waals surface area contributed by atoms with E-state index in [1.807, 2.05) is 18.7 Å². The predicted molar refractivity (Wildman–Crippen MR) is 75.9 cm³/mol. The number of hydrogen-bond donors (Lipinski definition) is 0. The fourth-order valence-electron chi connectivity index (χ4n) is 3.16. The maximum Gasteiger partial charge on any atom is 0.164 e. The molecule has 1 fully saturated rings. The third-order valence-electron chi connectivity index (χ3n) is 4.39. The smallest absolute Gasteiger partial charge is 0.164 e. The lowest BCUT2D eigenvalue weighted by molar-refractivity contribution is 0.0982. The van der Waals surface area contributed by atoms with Gasteiger partial charge in [-0.1, -0.05) is 0 Å². The summed E-state index contributed by atoms with van der Waals surface area (Å²) in [5.74, 6) is 0.312. The van der Waals surface area contributed by atoms with E-state index in [4.69, 9.17) is 0 Å². The van der Waals surface area contributed by atoms with Gasteiger partial charge in [-0.3, -0.25) is 4.79 Å². The van der Waals surface area contributed by atoms with E-state index in [2.05, 4.69) is 20.3 Å². The van der Waals surface area contributed by atoms with Crippen LogP contribution in [0.4, 0.5) is 0 Å². The molecule has 0 N–H and O–H groups in total. The van der Waals surface area contributed by atoms with Crippen molar-refractivity contribution in [2.75, 3.05) is 0 Å². The molecule has 2 aliphatic carbocycles. The standard InChI is InChI=1S/C16H19N3O/c20-16-4-2-1-3-12-8-18(10-15(12)16)9-14-7-17-11-19(14)13-5-6-13/h7-8,10-11,13H,1-6,9H2. The summed E-state index contributed by atoms with van der Waals surface area (Å²) in [6.45, 7) is 0.816. The van der Waals surface area contributed by atoms with Gasteiger partial charge < -0.3 is 9.13 Å². The molecule has 2 aliphatic rings. The summed E-state index contributed by atoms with van der Waals surface area (Å²) < 4.78 is 4.44. The van der Waals surface area contributed by atoms with Crippen LogP contribution in [0.3, 0.4) is 0 Å². The predicted octanol–water partition coefficient (Wildman–Crippen LogP) is 2.98. The molecule has 0 aromatic carbocycles. The number of Topliss-reactive ketones (excluding diaryl/α,β-unsaturated/α-hetero) is 1. The van der Waals surface area contributed by atoms with Crippen molar-refractivity contribution in [1.29, 1.82) is 0 Å². The van der Waals surface area contributed by atoms with Gasteiger partial charge in [-0.2, -0.15) is 0 Å². The molecule has 104 valence electrons. The fourth-order valence-corrected chi connectivity index (χ4v) is 3.16. The van der Waals surface area contributed by atoms with Crippen LogP contribution in [-0.2, 0) is 13.0 Å². The molecular weight excluding hydrogens is 250 g/mol. The summed E-state index contributed by atoms with van der Waals surface area (Å²) in [6.07, 6.45) is 14.5. The molecule has 0 aliphatic heterocycles. The Hall–Kier alpha value is -1.84. The third kappa shape index (κ3) is 2.09. The van der Waals surface area contributed by atoms with E-state index in [0.29, 0.717) is 18.2 Å². The number of aryl methyl sites for hydroxylation is 1. The second-order valence-corrected chi connectivity index (χ2v) is 6.02. The van der Waals surface area contributed by atoms with Crippen LogP contribution in [0.1, 0.15) is 59.8 Å². The van der Waals surface area contributed by atoms with Crippen molar-refractivity contribution in [1.82, 2.24) is 14.1 Å². The van der Waals surface area contributed by atoms with Gasteiger partial charge >= 0.3 is 0 Å². The Morgan fingerprint density at radius 2 is 2.05 bits per heavy atom. The van der Waals surface area contributed by atoms with Crippen LogP contribution in [0.2, 0.25) is 0 Å². The van der Waals surface area contributed by atoms with Crippen LogP contribution < -0.4 is 0 Å². The number of ketones is 1. The summed E-state index contributed by atoms with van der Waals surface area (Å²) >= 11 is 0. The molecule has 4 heteroatoms. The quantitative estimate of drug-likeness (QED) is 0.804. The van der Waals surface area contributed by atoms with Crippen molar-refractivity contribution in [3.63, 3.8) is 0 Å². The summed E-state index contributed by atoms with van der Waals surface area (Å²) in [4.78, 5) is 16.3. The molecule has 0 radical (unpaired) electrons. The summed E-state index contributed by atoms with van der Waals surface area (Å²) in [5, 5.41) is 0. The Morgan fingerprint density at radius 3 is 2.90 bits per heavy atom. The maximum absolute atomic E-state index is 12.1. The van der Waals surface area contributed by atoms with Gasteiger partial charge in [0.25, 0.3) is 0 Å². The van der Waals surface area contributed by atoms with Crippen molar-refractivity contribution in [2.45, 2.75) is 51.1 Å². The number of carbonyl (C=O) groups excluding carboxylic acids is 1. The molecule has 4 nitrogen and oxygen atoms in total. The molecule has 4 rings (SSSR count). The molecule has 0 amide bonds. The van der Waals surface area contributed by atoms with E-state index in [0.717, 1.165) is 31.4 Å². The first-order valence-corrected chi connectivity index (χ1v) is 7.54. The highest BCUT2D eigenvalue weighted by molar-refractivity contribution is 5.97. The summed E-state index contributed by atoms with van der Waals surface area (Å²) in [6, 6.07) is 0.655. The first-order chi connectivity index (χ1) is 9.81. The molecule has 20 heavy (non-hydrogen) atoms. The highest BCUT2D eigenvalue weighted by Crippen LogP contribution is 2.35. The van der Waals surface area contributed by atoms with Crippen molar-refractivity contribution < 1.29 is 4.79 Å². The van der Waals surface area contributed by atoms with E-state index < -0.39 is 0 Å². The minimum atomic E-state index is 0.312. The average Bonchev–Trinajstić information content (AvgIpc) is 3.10. The Morgan fingerprint density at radius 1 is 1.20 bits per heavy atom. The van der Waals surface area contributed by atoms with Crippen LogP contribution in [0.5, 0.6) is 0 Å². The van der Waals surface area contributed by atoms with E-state index in [9.17, 15) is 4.79 Å². The number of nitrogens with zero attached hydrogens (tertiary/aromatic N) is 3. The molecule has 0 unspecified atom stereocenters. The van der Waals surface area contributed by atoms with Crippen LogP contribution in [-0.4, -0.2) is 19.9 Å². The van der Waals surface area contributed by atoms with Crippen LogP contribution in [0.25, 0.3) is 0 Å². The highest BCUT2D eigenvalue weighted by Gasteiger charge is 2.25. The van der Waals surface area contributed by atoms with Gasteiger partial charge in [0.05, 0.1) is 18.6 Å². The first-order valence-electron chi connectivity index (χ1n) is 7.54. The second kappa shape index (κ2) is 4.62. The molecule has 0 spiro atoms. The third-order valence-corrected chi connectivity index (χ3v) is 4.39. The number of hydrogen-bond acceptors (Lipinski definition) is 2. The lowest BCUT2D eigenvalue weighted by Gasteiger charge is -2.07. The highest BCUT2D eigenvalue weighted by atomic mass is 16.1. The molecule has 0 saturated heterocycles.